The van der Waals surface area contributed by atoms with Crippen LogP contribution >= 0.6 is 0 Å². The zero-order valence-electron chi connectivity index (χ0n) is 6.33. The van der Waals surface area contributed by atoms with E-state index < -0.39 is 5.56 Å². The highest BCUT2D eigenvalue weighted by atomic mass is 16.3. The molecule has 0 atom stereocenters. The molecular weight excluding hydrogens is 146 g/mol. The lowest BCUT2D eigenvalue weighted by atomic mass is 10.3. The predicted molar refractivity (Wildman–Crippen MR) is 39.7 cm³/mol. The van der Waals surface area contributed by atoms with Crippen molar-refractivity contribution < 1.29 is 10.2 Å². The summed E-state index contributed by atoms with van der Waals surface area (Å²) in [7, 11) is 1.43. The Kier molecular flexibility index (Phi) is 1.60. The van der Waals surface area contributed by atoms with E-state index in [2.05, 4.69) is 0 Å². The summed E-state index contributed by atoms with van der Waals surface area (Å²) >= 11 is 0. The molecule has 0 saturated heterocycles. The van der Waals surface area contributed by atoms with Crippen molar-refractivity contribution in [3.05, 3.63) is 22.0 Å². The van der Waals surface area contributed by atoms with E-state index >= 15 is 0 Å². The van der Waals surface area contributed by atoms with E-state index in [0.717, 1.165) is 10.6 Å². The van der Waals surface area contributed by atoms with Crippen LogP contribution in [-0.2, 0) is 7.05 Å². The molecule has 0 radical (unpaired) electrons. The SMILES string of the molecule is Cc1c(O)cc(=O)n(C)c1O. The minimum absolute atomic E-state index is 0.175. The molecule has 0 bridgehead atoms. The molecule has 4 heteroatoms. The van der Waals surface area contributed by atoms with Crippen LogP contribution < -0.4 is 5.56 Å². The molecule has 4 nitrogen and oxygen atoms in total. The molecular formula is C7H9NO3. The number of aromatic nitrogens is 1. The van der Waals surface area contributed by atoms with Gasteiger partial charge in [0.15, 0.2) is 5.88 Å². The second-order valence-electron chi connectivity index (χ2n) is 2.38. The minimum atomic E-state index is -0.425. The normalized spacial score (nSPS) is 10.0. The number of rotatable bonds is 0. The van der Waals surface area contributed by atoms with Crippen LogP contribution in [0.3, 0.4) is 0 Å². The quantitative estimate of drug-likeness (QED) is 0.558. The zero-order valence-corrected chi connectivity index (χ0v) is 6.33. The topological polar surface area (TPSA) is 62.5 Å². The third kappa shape index (κ3) is 1.07. The Bertz CT molecular complexity index is 340. The smallest absolute Gasteiger partial charge is 0.256 e. The molecule has 2 N–H and O–H groups in total. The summed E-state index contributed by atoms with van der Waals surface area (Å²) in [4.78, 5) is 10.9. The van der Waals surface area contributed by atoms with E-state index in [-0.39, 0.29) is 11.6 Å². The van der Waals surface area contributed by atoms with Gasteiger partial charge in [-0.05, 0) is 6.92 Å². The van der Waals surface area contributed by atoms with E-state index in [1.807, 2.05) is 0 Å². The van der Waals surface area contributed by atoms with Crippen LogP contribution in [0.25, 0.3) is 0 Å². The molecule has 1 aromatic heterocycles. The standard InChI is InChI=1S/C7H9NO3/c1-4-5(9)3-6(10)8(2)7(4)11/h3,9,11H,1-2H3. The van der Waals surface area contributed by atoms with Crippen molar-refractivity contribution in [2.45, 2.75) is 6.92 Å². The van der Waals surface area contributed by atoms with Crippen molar-refractivity contribution in [1.82, 2.24) is 4.57 Å². The van der Waals surface area contributed by atoms with E-state index in [0.29, 0.717) is 5.56 Å². The molecule has 0 spiro atoms. The molecule has 60 valence electrons. The van der Waals surface area contributed by atoms with Gasteiger partial charge in [-0.25, -0.2) is 0 Å². The first-order valence-electron chi connectivity index (χ1n) is 3.12. The molecule has 1 aromatic rings. The lowest BCUT2D eigenvalue weighted by Crippen LogP contribution is -2.15. The molecule has 1 rings (SSSR count). The van der Waals surface area contributed by atoms with Gasteiger partial charge in [0.2, 0.25) is 0 Å². The number of nitrogens with zero attached hydrogens (tertiary/aromatic N) is 1. The van der Waals surface area contributed by atoms with Gasteiger partial charge in [0.1, 0.15) is 5.75 Å². The minimum Gasteiger partial charge on any atom is -0.507 e. The lowest BCUT2D eigenvalue weighted by Gasteiger charge is -2.05. The number of aromatic hydroxyl groups is 2. The highest BCUT2D eigenvalue weighted by Crippen LogP contribution is 2.21. The molecule has 0 aromatic carbocycles. The first kappa shape index (κ1) is 7.65. The maximum Gasteiger partial charge on any atom is 0.256 e. The maximum atomic E-state index is 10.9. The van der Waals surface area contributed by atoms with Gasteiger partial charge in [0.05, 0.1) is 5.56 Å². The van der Waals surface area contributed by atoms with Crippen LogP contribution in [0.15, 0.2) is 10.9 Å². The Morgan fingerprint density at radius 1 is 1.45 bits per heavy atom. The number of pyridine rings is 1. The summed E-state index contributed by atoms with van der Waals surface area (Å²) in [5.74, 6) is -0.374. The van der Waals surface area contributed by atoms with Crippen LogP contribution in [-0.4, -0.2) is 14.8 Å². The third-order valence-electron chi connectivity index (χ3n) is 1.63. The molecule has 0 amide bonds. The van der Waals surface area contributed by atoms with Crippen molar-refractivity contribution in [1.29, 1.82) is 0 Å². The monoisotopic (exact) mass is 155 g/mol. The predicted octanol–water partition coefficient (Wildman–Crippen LogP) is 0.105. The third-order valence-corrected chi connectivity index (χ3v) is 1.63. The molecule has 0 aliphatic carbocycles. The molecule has 0 saturated carbocycles. The Hall–Kier alpha value is -1.45. The van der Waals surface area contributed by atoms with Crippen LogP contribution in [0.5, 0.6) is 11.6 Å². The van der Waals surface area contributed by atoms with Gasteiger partial charge < -0.3 is 10.2 Å². The van der Waals surface area contributed by atoms with Gasteiger partial charge in [0, 0.05) is 13.1 Å². The molecule has 0 aliphatic rings. The highest BCUT2D eigenvalue weighted by molar-refractivity contribution is 5.36. The van der Waals surface area contributed by atoms with Crippen molar-refractivity contribution >= 4 is 0 Å². The van der Waals surface area contributed by atoms with Gasteiger partial charge in [-0.2, -0.15) is 0 Å². The summed E-state index contributed by atoms with van der Waals surface area (Å²) in [5.41, 5.74) is -0.113. The van der Waals surface area contributed by atoms with Gasteiger partial charge in [0.25, 0.3) is 5.56 Å². The molecule has 0 fully saturated rings. The van der Waals surface area contributed by atoms with E-state index in [1.165, 1.54) is 14.0 Å². The average Bonchev–Trinajstić information content (AvgIpc) is 1.97. The Labute approximate surface area is 63.3 Å². The summed E-state index contributed by atoms with van der Waals surface area (Å²) in [5, 5.41) is 18.2. The zero-order chi connectivity index (χ0) is 8.59. The van der Waals surface area contributed by atoms with E-state index in [4.69, 9.17) is 5.11 Å². The van der Waals surface area contributed by atoms with Crippen molar-refractivity contribution in [3.8, 4) is 11.6 Å². The van der Waals surface area contributed by atoms with Crippen molar-refractivity contribution in [3.63, 3.8) is 0 Å². The second-order valence-corrected chi connectivity index (χ2v) is 2.38. The van der Waals surface area contributed by atoms with Crippen molar-refractivity contribution in [2.24, 2.45) is 7.05 Å². The maximum absolute atomic E-state index is 10.9. The molecule has 11 heavy (non-hydrogen) atoms. The van der Waals surface area contributed by atoms with E-state index in [1.54, 1.807) is 0 Å². The summed E-state index contributed by atoms with van der Waals surface area (Å²) in [6.07, 6.45) is 0. The number of hydrogen-bond acceptors (Lipinski definition) is 3. The average molecular weight is 155 g/mol. The summed E-state index contributed by atoms with van der Waals surface area (Å²) in [6.45, 7) is 1.53. The van der Waals surface area contributed by atoms with Crippen LogP contribution in [0.1, 0.15) is 5.56 Å². The largest absolute Gasteiger partial charge is 0.507 e. The van der Waals surface area contributed by atoms with E-state index in [9.17, 15) is 9.90 Å². The molecule has 0 aliphatic heterocycles. The fraction of sp³-hybridized carbons (Fsp3) is 0.286. The highest BCUT2D eigenvalue weighted by Gasteiger charge is 2.06. The van der Waals surface area contributed by atoms with Crippen molar-refractivity contribution in [2.75, 3.05) is 0 Å². The summed E-state index contributed by atoms with van der Waals surface area (Å²) in [6, 6.07) is 1.06. The molecule has 0 unspecified atom stereocenters. The Morgan fingerprint density at radius 3 is 2.55 bits per heavy atom. The van der Waals surface area contributed by atoms with Gasteiger partial charge in [-0.15, -0.1) is 0 Å². The first-order valence-corrected chi connectivity index (χ1v) is 3.12. The van der Waals surface area contributed by atoms with Gasteiger partial charge >= 0.3 is 0 Å². The van der Waals surface area contributed by atoms with Crippen LogP contribution in [0.4, 0.5) is 0 Å². The fourth-order valence-electron chi connectivity index (χ4n) is 0.793. The van der Waals surface area contributed by atoms with Crippen LogP contribution in [0, 0.1) is 6.92 Å². The second kappa shape index (κ2) is 2.30. The Morgan fingerprint density at radius 2 is 2.00 bits per heavy atom. The van der Waals surface area contributed by atoms with Crippen LogP contribution in [0.2, 0.25) is 0 Å². The molecule has 1 heterocycles. The number of hydrogen-bond donors (Lipinski definition) is 2. The Balaban J connectivity index is 3.59. The van der Waals surface area contributed by atoms with Gasteiger partial charge in [-0.1, -0.05) is 0 Å². The fourth-order valence-corrected chi connectivity index (χ4v) is 0.793. The van der Waals surface area contributed by atoms with Gasteiger partial charge in [-0.3, -0.25) is 9.36 Å². The lowest BCUT2D eigenvalue weighted by molar-refractivity contribution is 0.402. The summed E-state index contributed by atoms with van der Waals surface area (Å²) < 4.78 is 1.06. The first-order chi connectivity index (χ1) is 5.04.